The summed E-state index contributed by atoms with van der Waals surface area (Å²) in [5.74, 6) is 1.40. The van der Waals surface area contributed by atoms with Crippen LogP contribution in [0.4, 0.5) is 5.82 Å². The predicted molar refractivity (Wildman–Crippen MR) is 57.7 cm³/mol. The van der Waals surface area contributed by atoms with Gasteiger partial charge in [0.25, 0.3) is 0 Å². The van der Waals surface area contributed by atoms with Gasteiger partial charge >= 0.3 is 0 Å². The van der Waals surface area contributed by atoms with Gasteiger partial charge in [-0.25, -0.2) is 15.0 Å². The van der Waals surface area contributed by atoms with Crippen molar-refractivity contribution in [2.75, 3.05) is 18.9 Å². The van der Waals surface area contributed by atoms with Crippen LogP contribution >= 0.6 is 0 Å². The van der Waals surface area contributed by atoms with Crippen LogP contribution in [0.2, 0.25) is 0 Å². The Balaban J connectivity index is 2.45. The lowest BCUT2D eigenvalue weighted by Crippen LogP contribution is -2.02. The fraction of sp³-hybridized carbons (Fsp3) is 0.444. The number of H-pyrrole nitrogens is 1. The average Bonchev–Trinajstić information content (AvgIpc) is 2.62. The number of hydrogen-bond acceptors (Lipinski definition) is 6. The fourth-order valence-corrected chi connectivity index (χ4v) is 1.45. The van der Waals surface area contributed by atoms with Crippen LogP contribution in [0.3, 0.4) is 0 Å². The molecule has 2 rings (SSSR count). The van der Waals surface area contributed by atoms with Gasteiger partial charge in [0, 0.05) is 12.8 Å². The summed E-state index contributed by atoms with van der Waals surface area (Å²) in [7, 11) is 0. The van der Waals surface area contributed by atoms with E-state index in [1.807, 2.05) is 0 Å². The van der Waals surface area contributed by atoms with Crippen LogP contribution in [-0.2, 0) is 12.8 Å². The first kappa shape index (κ1) is 10.8. The normalized spacial score (nSPS) is 11.1. The molecule has 0 aliphatic heterocycles. The van der Waals surface area contributed by atoms with Crippen molar-refractivity contribution in [1.29, 1.82) is 0 Å². The molecule has 0 unspecified atom stereocenters. The smallest absolute Gasteiger partial charge is 0.183 e. The standard InChI is InChI=1S/C9H13N5O2/c10-8-7-9(13-5(11-7)1-3-15)14-6(12-8)2-4-16/h15-16H,1-4H2,(H3,10,11,12,13,14). The van der Waals surface area contributed by atoms with Crippen LogP contribution in [0.1, 0.15) is 11.6 Å². The molecule has 0 spiro atoms. The number of anilines is 1. The Kier molecular flexibility index (Phi) is 2.97. The maximum atomic E-state index is 8.79. The Bertz CT molecular complexity index is 496. The maximum absolute atomic E-state index is 8.79. The van der Waals surface area contributed by atoms with E-state index in [9.17, 15) is 0 Å². The zero-order valence-electron chi connectivity index (χ0n) is 8.64. The molecule has 0 saturated heterocycles. The van der Waals surface area contributed by atoms with Crippen molar-refractivity contribution in [3.63, 3.8) is 0 Å². The summed E-state index contributed by atoms with van der Waals surface area (Å²) >= 11 is 0. The lowest BCUT2D eigenvalue weighted by Gasteiger charge is -1.98. The summed E-state index contributed by atoms with van der Waals surface area (Å²) in [5, 5.41) is 17.6. The molecule has 0 bridgehead atoms. The largest absolute Gasteiger partial charge is 0.396 e. The summed E-state index contributed by atoms with van der Waals surface area (Å²) in [6, 6.07) is 0. The molecule has 0 aromatic carbocycles. The minimum absolute atomic E-state index is 0.0106. The van der Waals surface area contributed by atoms with Gasteiger partial charge in [0.05, 0.1) is 13.2 Å². The molecular weight excluding hydrogens is 210 g/mol. The number of nitrogens with zero attached hydrogens (tertiary/aromatic N) is 3. The number of aliphatic hydroxyl groups is 2. The van der Waals surface area contributed by atoms with Crippen molar-refractivity contribution in [3.8, 4) is 0 Å². The Labute approximate surface area is 91.4 Å². The number of aliphatic hydroxyl groups excluding tert-OH is 2. The number of imidazole rings is 1. The number of rotatable bonds is 4. The van der Waals surface area contributed by atoms with Crippen molar-refractivity contribution >= 4 is 17.0 Å². The average molecular weight is 223 g/mol. The van der Waals surface area contributed by atoms with Gasteiger partial charge in [0.2, 0.25) is 0 Å². The first-order valence-electron chi connectivity index (χ1n) is 4.97. The van der Waals surface area contributed by atoms with Crippen molar-refractivity contribution in [2.45, 2.75) is 12.8 Å². The van der Waals surface area contributed by atoms with Crippen molar-refractivity contribution in [1.82, 2.24) is 19.9 Å². The van der Waals surface area contributed by atoms with E-state index in [4.69, 9.17) is 15.9 Å². The number of nitrogens with one attached hydrogen (secondary N) is 1. The maximum Gasteiger partial charge on any atom is 0.183 e. The SMILES string of the molecule is Nc1nc(CCO)nc2nc(CCO)[nH]c12. The van der Waals surface area contributed by atoms with Gasteiger partial charge in [0.15, 0.2) is 11.5 Å². The molecular formula is C9H13N5O2. The Hall–Kier alpha value is -1.73. The summed E-state index contributed by atoms with van der Waals surface area (Å²) in [4.78, 5) is 15.3. The third-order valence-corrected chi connectivity index (χ3v) is 2.16. The van der Waals surface area contributed by atoms with E-state index in [2.05, 4.69) is 19.9 Å². The summed E-state index contributed by atoms with van der Waals surface area (Å²) < 4.78 is 0. The molecule has 0 aliphatic carbocycles. The number of aromatic amines is 1. The van der Waals surface area contributed by atoms with Gasteiger partial charge in [-0.3, -0.25) is 0 Å². The van der Waals surface area contributed by atoms with E-state index in [0.717, 1.165) is 0 Å². The van der Waals surface area contributed by atoms with Crippen LogP contribution in [0.15, 0.2) is 0 Å². The molecule has 2 heterocycles. The second-order valence-corrected chi connectivity index (χ2v) is 3.35. The van der Waals surface area contributed by atoms with Crippen LogP contribution in [0.25, 0.3) is 11.2 Å². The van der Waals surface area contributed by atoms with Crippen molar-refractivity contribution in [2.24, 2.45) is 0 Å². The minimum Gasteiger partial charge on any atom is -0.396 e. The minimum atomic E-state index is -0.0289. The highest BCUT2D eigenvalue weighted by Crippen LogP contribution is 2.15. The number of fused-ring (bicyclic) bond motifs is 1. The lowest BCUT2D eigenvalue weighted by molar-refractivity contribution is 0.296. The van der Waals surface area contributed by atoms with E-state index in [1.54, 1.807) is 0 Å². The van der Waals surface area contributed by atoms with Crippen LogP contribution in [-0.4, -0.2) is 43.4 Å². The van der Waals surface area contributed by atoms with Gasteiger partial charge in [-0.2, -0.15) is 0 Å². The third kappa shape index (κ3) is 1.95. The monoisotopic (exact) mass is 223 g/mol. The van der Waals surface area contributed by atoms with E-state index < -0.39 is 0 Å². The molecule has 0 atom stereocenters. The number of hydrogen-bond donors (Lipinski definition) is 4. The molecule has 7 heteroatoms. The highest BCUT2D eigenvalue weighted by molar-refractivity contribution is 5.81. The molecule has 5 N–H and O–H groups in total. The van der Waals surface area contributed by atoms with E-state index in [-0.39, 0.29) is 13.2 Å². The Morgan fingerprint density at radius 2 is 1.81 bits per heavy atom. The van der Waals surface area contributed by atoms with Gasteiger partial charge < -0.3 is 20.9 Å². The van der Waals surface area contributed by atoms with Crippen LogP contribution in [0.5, 0.6) is 0 Å². The molecule has 7 nitrogen and oxygen atoms in total. The number of nitrogens with two attached hydrogens (primary N) is 1. The summed E-state index contributed by atoms with van der Waals surface area (Å²) in [6.45, 7) is -0.0183. The Morgan fingerprint density at radius 3 is 2.50 bits per heavy atom. The summed E-state index contributed by atoms with van der Waals surface area (Å²) in [5.41, 5.74) is 6.78. The van der Waals surface area contributed by atoms with Crippen molar-refractivity contribution < 1.29 is 10.2 Å². The molecule has 86 valence electrons. The quantitative estimate of drug-likeness (QED) is 0.527. The summed E-state index contributed by atoms with van der Waals surface area (Å²) in [6.07, 6.45) is 0.771. The van der Waals surface area contributed by atoms with E-state index in [1.165, 1.54) is 0 Å². The second kappa shape index (κ2) is 4.42. The van der Waals surface area contributed by atoms with Gasteiger partial charge in [-0.15, -0.1) is 0 Å². The number of nitrogen functional groups attached to an aromatic ring is 1. The highest BCUT2D eigenvalue weighted by atomic mass is 16.3. The number of aromatic nitrogens is 4. The topological polar surface area (TPSA) is 121 Å². The molecule has 2 aromatic rings. The third-order valence-electron chi connectivity index (χ3n) is 2.16. The van der Waals surface area contributed by atoms with Gasteiger partial charge in [-0.05, 0) is 0 Å². The second-order valence-electron chi connectivity index (χ2n) is 3.35. The predicted octanol–water partition coefficient (Wildman–Crippen LogP) is -0.995. The highest BCUT2D eigenvalue weighted by Gasteiger charge is 2.09. The molecule has 0 amide bonds. The first-order chi connectivity index (χ1) is 7.74. The lowest BCUT2D eigenvalue weighted by atomic mass is 10.4. The molecule has 2 aromatic heterocycles. The zero-order chi connectivity index (χ0) is 11.5. The van der Waals surface area contributed by atoms with Crippen LogP contribution in [0, 0.1) is 0 Å². The van der Waals surface area contributed by atoms with E-state index >= 15 is 0 Å². The molecule has 0 aliphatic rings. The fourth-order valence-electron chi connectivity index (χ4n) is 1.45. The van der Waals surface area contributed by atoms with Crippen LogP contribution < -0.4 is 5.73 Å². The van der Waals surface area contributed by atoms with Gasteiger partial charge in [-0.1, -0.05) is 0 Å². The van der Waals surface area contributed by atoms with Gasteiger partial charge in [0.1, 0.15) is 17.2 Å². The Morgan fingerprint density at radius 1 is 1.06 bits per heavy atom. The first-order valence-corrected chi connectivity index (χ1v) is 4.97. The molecule has 0 saturated carbocycles. The zero-order valence-corrected chi connectivity index (χ0v) is 8.64. The molecule has 0 radical (unpaired) electrons. The van der Waals surface area contributed by atoms with Crippen molar-refractivity contribution in [3.05, 3.63) is 11.6 Å². The molecule has 16 heavy (non-hydrogen) atoms. The molecule has 0 fully saturated rings. The van der Waals surface area contributed by atoms with E-state index in [0.29, 0.717) is 41.5 Å².